The Kier molecular flexibility index (Phi) is 9.23. The van der Waals surface area contributed by atoms with Crippen LogP contribution in [-0.4, -0.2) is 32.1 Å². The van der Waals surface area contributed by atoms with Gasteiger partial charge in [-0.1, -0.05) is 12.1 Å². The molecule has 2 aromatic rings. The van der Waals surface area contributed by atoms with Crippen LogP contribution in [0.15, 0.2) is 47.5 Å². The number of ether oxygens (including phenoxy) is 3. The molecule has 3 N–H and O–H groups in total. The normalized spacial score (nSPS) is 16.5. The molecule has 0 amide bonds. The predicted octanol–water partition coefficient (Wildman–Crippen LogP) is 4.85. The summed E-state index contributed by atoms with van der Waals surface area (Å²) in [7, 11) is 0. The van der Waals surface area contributed by atoms with Crippen LogP contribution in [0.1, 0.15) is 17.5 Å². The molecule has 0 spiro atoms. The van der Waals surface area contributed by atoms with Crippen LogP contribution in [-0.2, 0) is 11.3 Å². The molecule has 0 aliphatic carbocycles. The Balaban J connectivity index is 0.00000341. The standard InChI is InChI=1S/C21H24F3N3O3.HI/c1-14-2-3-16(19(10-14)29-13-15-8-9-28-12-15)11-26-20(25)27-17-4-6-18(7-5-17)30-21(22,23)24;/h2-7,10,15H,8-9,11-13H2,1H3,(H3,25,26,27);1H. The second kappa shape index (κ2) is 11.4. The molecule has 0 radical (unpaired) electrons. The summed E-state index contributed by atoms with van der Waals surface area (Å²) in [5.41, 5.74) is 8.37. The molecule has 170 valence electrons. The van der Waals surface area contributed by atoms with Gasteiger partial charge in [-0.2, -0.15) is 0 Å². The Morgan fingerprint density at radius 1 is 1.23 bits per heavy atom. The summed E-state index contributed by atoms with van der Waals surface area (Å²) in [6.07, 6.45) is -3.74. The van der Waals surface area contributed by atoms with E-state index >= 15 is 0 Å². The lowest BCUT2D eigenvalue weighted by molar-refractivity contribution is -0.274. The molecule has 1 aliphatic heterocycles. The lowest BCUT2D eigenvalue weighted by Crippen LogP contribution is -2.22. The van der Waals surface area contributed by atoms with Crippen molar-refractivity contribution in [2.45, 2.75) is 26.3 Å². The van der Waals surface area contributed by atoms with E-state index in [2.05, 4.69) is 15.0 Å². The Hall–Kier alpha value is -2.21. The van der Waals surface area contributed by atoms with Crippen LogP contribution in [0, 0.1) is 12.8 Å². The third-order valence-corrected chi connectivity index (χ3v) is 4.50. The van der Waals surface area contributed by atoms with E-state index in [9.17, 15) is 13.2 Å². The van der Waals surface area contributed by atoms with Gasteiger partial charge in [-0.05, 0) is 49.2 Å². The van der Waals surface area contributed by atoms with Crippen molar-refractivity contribution in [2.75, 3.05) is 25.1 Å². The fraction of sp³-hybridized carbons (Fsp3) is 0.381. The number of nitrogens with two attached hydrogens (primary N) is 1. The lowest BCUT2D eigenvalue weighted by Gasteiger charge is -2.14. The fourth-order valence-corrected chi connectivity index (χ4v) is 2.95. The number of nitrogens with zero attached hydrogens (tertiary/aromatic N) is 1. The zero-order valence-corrected chi connectivity index (χ0v) is 19.3. The molecule has 3 rings (SSSR count). The maximum absolute atomic E-state index is 12.2. The van der Waals surface area contributed by atoms with Crippen LogP contribution in [0.3, 0.4) is 0 Å². The number of alkyl halides is 3. The molecule has 0 saturated carbocycles. The van der Waals surface area contributed by atoms with Gasteiger partial charge >= 0.3 is 6.36 Å². The highest BCUT2D eigenvalue weighted by Crippen LogP contribution is 2.25. The minimum atomic E-state index is -4.73. The number of hydrogen-bond acceptors (Lipinski definition) is 4. The molecule has 0 aromatic heterocycles. The minimum absolute atomic E-state index is 0. The van der Waals surface area contributed by atoms with Crippen LogP contribution in [0.4, 0.5) is 18.9 Å². The highest BCUT2D eigenvalue weighted by atomic mass is 127. The molecule has 0 bridgehead atoms. The van der Waals surface area contributed by atoms with Crippen LogP contribution >= 0.6 is 24.0 Å². The van der Waals surface area contributed by atoms with Crippen molar-refractivity contribution in [3.8, 4) is 11.5 Å². The molecule has 1 fully saturated rings. The summed E-state index contributed by atoms with van der Waals surface area (Å²) in [5, 5.41) is 2.84. The Morgan fingerprint density at radius 2 is 1.97 bits per heavy atom. The van der Waals surface area contributed by atoms with Crippen molar-refractivity contribution in [3.63, 3.8) is 0 Å². The number of aliphatic imine (C=N–C) groups is 1. The average molecular weight is 551 g/mol. The summed E-state index contributed by atoms with van der Waals surface area (Å²) in [5.74, 6) is 0.970. The van der Waals surface area contributed by atoms with Crippen molar-refractivity contribution in [1.29, 1.82) is 0 Å². The van der Waals surface area contributed by atoms with E-state index in [-0.39, 0.29) is 35.7 Å². The van der Waals surface area contributed by atoms with E-state index in [4.69, 9.17) is 15.2 Å². The van der Waals surface area contributed by atoms with Crippen molar-refractivity contribution < 1.29 is 27.4 Å². The third kappa shape index (κ3) is 8.44. The molecule has 1 aliphatic rings. The first-order chi connectivity index (χ1) is 14.3. The van der Waals surface area contributed by atoms with Crippen molar-refractivity contribution in [1.82, 2.24) is 0 Å². The number of nitrogens with one attached hydrogen (secondary N) is 1. The molecule has 2 aromatic carbocycles. The fourth-order valence-electron chi connectivity index (χ4n) is 2.95. The van der Waals surface area contributed by atoms with Gasteiger partial charge in [-0.25, -0.2) is 4.99 Å². The first kappa shape index (κ1) is 25.1. The van der Waals surface area contributed by atoms with Gasteiger partial charge in [0, 0.05) is 23.8 Å². The number of aryl methyl sites for hydroxylation is 1. The van der Waals surface area contributed by atoms with Gasteiger partial charge in [0.15, 0.2) is 5.96 Å². The number of anilines is 1. The first-order valence-corrected chi connectivity index (χ1v) is 9.51. The van der Waals surface area contributed by atoms with Crippen LogP contribution in [0.25, 0.3) is 0 Å². The topological polar surface area (TPSA) is 78.1 Å². The predicted molar refractivity (Wildman–Crippen MR) is 123 cm³/mol. The van der Waals surface area contributed by atoms with E-state index in [0.717, 1.165) is 29.9 Å². The minimum Gasteiger partial charge on any atom is -0.493 e. The molecular formula is C21H25F3IN3O3. The van der Waals surface area contributed by atoms with Crippen LogP contribution in [0.2, 0.25) is 0 Å². The zero-order valence-electron chi connectivity index (χ0n) is 16.9. The number of guanidine groups is 1. The Labute approximate surface area is 196 Å². The van der Waals surface area contributed by atoms with Gasteiger partial charge in [0.25, 0.3) is 0 Å². The maximum Gasteiger partial charge on any atom is 0.573 e. The monoisotopic (exact) mass is 551 g/mol. The molecule has 1 atom stereocenters. The summed E-state index contributed by atoms with van der Waals surface area (Å²) >= 11 is 0. The number of halogens is 4. The molecule has 1 unspecified atom stereocenters. The van der Waals surface area contributed by atoms with Gasteiger partial charge in [-0.3, -0.25) is 0 Å². The SMILES string of the molecule is Cc1ccc(CN=C(N)Nc2ccc(OC(F)(F)F)cc2)c(OCC2CCOC2)c1.I. The van der Waals surface area contributed by atoms with E-state index in [0.29, 0.717) is 31.4 Å². The first-order valence-electron chi connectivity index (χ1n) is 9.51. The van der Waals surface area contributed by atoms with Crippen LogP contribution in [0.5, 0.6) is 11.5 Å². The van der Waals surface area contributed by atoms with Gasteiger partial charge in [-0.15, -0.1) is 37.1 Å². The second-order valence-electron chi connectivity index (χ2n) is 7.05. The Bertz CT molecular complexity index is 870. The van der Waals surface area contributed by atoms with E-state index < -0.39 is 6.36 Å². The maximum atomic E-state index is 12.2. The smallest absolute Gasteiger partial charge is 0.493 e. The number of hydrogen-bond donors (Lipinski definition) is 2. The molecule has 1 saturated heterocycles. The number of rotatable bonds is 7. The van der Waals surface area contributed by atoms with Gasteiger partial charge in [0.05, 0.1) is 19.8 Å². The van der Waals surface area contributed by atoms with Crippen LogP contribution < -0.4 is 20.5 Å². The molecular weight excluding hydrogens is 526 g/mol. The van der Waals surface area contributed by atoms with E-state index in [1.165, 1.54) is 24.3 Å². The highest BCUT2D eigenvalue weighted by Gasteiger charge is 2.30. The van der Waals surface area contributed by atoms with Crippen molar-refractivity contribution >= 4 is 35.6 Å². The summed E-state index contributed by atoms with van der Waals surface area (Å²) in [4.78, 5) is 4.31. The second-order valence-corrected chi connectivity index (χ2v) is 7.05. The zero-order chi connectivity index (χ0) is 21.6. The van der Waals surface area contributed by atoms with Gasteiger partial charge in [0.1, 0.15) is 11.5 Å². The molecule has 31 heavy (non-hydrogen) atoms. The molecule has 1 heterocycles. The third-order valence-electron chi connectivity index (χ3n) is 4.50. The van der Waals surface area contributed by atoms with Gasteiger partial charge in [0.2, 0.25) is 0 Å². The van der Waals surface area contributed by atoms with E-state index in [1.54, 1.807) is 0 Å². The quantitative estimate of drug-likeness (QED) is 0.292. The van der Waals surface area contributed by atoms with Crippen molar-refractivity contribution in [3.05, 3.63) is 53.6 Å². The summed E-state index contributed by atoms with van der Waals surface area (Å²) in [6.45, 7) is 4.35. The molecule has 6 nitrogen and oxygen atoms in total. The van der Waals surface area contributed by atoms with E-state index in [1.807, 2.05) is 25.1 Å². The highest BCUT2D eigenvalue weighted by molar-refractivity contribution is 14.0. The lowest BCUT2D eigenvalue weighted by atomic mass is 10.1. The largest absolute Gasteiger partial charge is 0.573 e. The Morgan fingerprint density at radius 3 is 2.61 bits per heavy atom. The van der Waals surface area contributed by atoms with Crippen molar-refractivity contribution in [2.24, 2.45) is 16.6 Å². The average Bonchev–Trinajstić information content (AvgIpc) is 3.19. The summed E-state index contributed by atoms with van der Waals surface area (Å²) in [6, 6.07) is 11.1. The molecule has 10 heteroatoms. The summed E-state index contributed by atoms with van der Waals surface area (Å²) < 4.78 is 51.9. The van der Waals surface area contributed by atoms with Gasteiger partial charge < -0.3 is 25.3 Å². The number of benzene rings is 2.